The van der Waals surface area contributed by atoms with E-state index >= 15 is 0 Å². The third-order valence-corrected chi connectivity index (χ3v) is 6.64. The van der Waals surface area contributed by atoms with Gasteiger partial charge in [-0.1, -0.05) is 18.2 Å². The number of rotatable bonds is 1. The van der Waals surface area contributed by atoms with Crippen LogP contribution in [0.2, 0.25) is 0 Å². The molecule has 1 heterocycles. The quantitative estimate of drug-likeness (QED) is 0.766. The minimum atomic E-state index is 0.257. The minimum Gasteiger partial charge on any atom is -0.338 e. The number of hydrogen-bond donors (Lipinski definition) is 0. The van der Waals surface area contributed by atoms with Crippen molar-refractivity contribution >= 4 is 5.91 Å². The van der Waals surface area contributed by atoms with E-state index < -0.39 is 0 Å². The van der Waals surface area contributed by atoms with Gasteiger partial charge in [-0.05, 0) is 66.9 Å². The van der Waals surface area contributed by atoms with E-state index in [4.69, 9.17) is 0 Å². The summed E-state index contributed by atoms with van der Waals surface area (Å²) in [5.41, 5.74) is 0.864. The first kappa shape index (κ1) is 11.4. The molecule has 4 aliphatic carbocycles. The Balaban J connectivity index is 1.40. The van der Waals surface area contributed by atoms with E-state index in [9.17, 15) is 4.79 Å². The van der Waals surface area contributed by atoms with Crippen LogP contribution in [0.1, 0.15) is 29.6 Å². The number of carbonyl (C=O) groups excluding carboxylic acids is 1. The molecule has 2 heteroatoms. The molecule has 2 bridgehead atoms. The number of fused-ring (bicyclic) bond motifs is 1. The van der Waals surface area contributed by atoms with Crippen molar-refractivity contribution < 1.29 is 4.79 Å². The van der Waals surface area contributed by atoms with Gasteiger partial charge in [-0.25, -0.2) is 0 Å². The van der Waals surface area contributed by atoms with Crippen molar-refractivity contribution in [3.8, 4) is 0 Å². The molecule has 6 rings (SSSR count). The lowest BCUT2D eigenvalue weighted by atomic mass is 9.60. The summed E-state index contributed by atoms with van der Waals surface area (Å²) in [4.78, 5) is 14.8. The number of carbonyl (C=O) groups is 1. The Kier molecular flexibility index (Phi) is 2.20. The molecule has 5 aliphatic rings. The van der Waals surface area contributed by atoms with Gasteiger partial charge in [-0.15, -0.1) is 0 Å². The standard InChI is InChI=1S/C18H21NO/c20-18(11-4-2-1-3-5-11)19-9-16-12-6-7-13(17(16)10-19)15-8-14(12)15/h1-5,12-17H,6-10H2/t12-,13+,14+,15-,16-,17?/m0/s1. The first-order chi connectivity index (χ1) is 9.83. The van der Waals surface area contributed by atoms with E-state index in [0.29, 0.717) is 0 Å². The lowest BCUT2D eigenvalue weighted by molar-refractivity contribution is 0.0464. The van der Waals surface area contributed by atoms with Gasteiger partial charge >= 0.3 is 0 Å². The molecule has 104 valence electrons. The molecule has 2 nitrogen and oxygen atoms in total. The summed E-state index contributed by atoms with van der Waals surface area (Å²) in [7, 11) is 0. The van der Waals surface area contributed by atoms with Gasteiger partial charge < -0.3 is 4.90 Å². The normalized spacial score (nSPS) is 44.1. The second-order valence-corrected chi connectivity index (χ2v) is 7.37. The van der Waals surface area contributed by atoms with Crippen molar-refractivity contribution in [2.24, 2.45) is 35.5 Å². The maximum atomic E-state index is 12.6. The Morgan fingerprint density at radius 1 is 0.850 bits per heavy atom. The summed E-state index contributed by atoms with van der Waals surface area (Å²) in [6, 6.07) is 9.82. The molecule has 0 spiro atoms. The van der Waals surface area contributed by atoms with Crippen molar-refractivity contribution in [1.82, 2.24) is 4.90 Å². The zero-order chi connectivity index (χ0) is 13.3. The molecular formula is C18H21NO. The monoisotopic (exact) mass is 267 g/mol. The SMILES string of the molecule is O=C(c1ccccc1)N1CC2[C@@H](C1)[C@H]1CC[C@@H]2[C@@H]2C[C@@H]21. The highest BCUT2D eigenvalue weighted by atomic mass is 16.2. The van der Waals surface area contributed by atoms with Gasteiger partial charge in [0, 0.05) is 18.7 Å². The van der Waals surface area contributed by atoms with E-state index in [1.54, 1.807) is 0 Å². The van der Waals surface area contributed by atoms with Crippen molar-refractivity contribution in [2.75, 3.05) is 13.1 Å². The molecule has 4 saturated carbocycles. The van der Waals surface area contributed by atoms with Crippen LogP contribution in [0.3, 0.4) is 0 Å². The fourth-order valence-corrected chi connectivity index (χ4v) is 5.79. The molecule has 6 atom stereocenters. The maximum absolute atomic E-state index is 12.6. The fraction of sp³-hybridized carbons (Fsp3) is 0.611. The third-order valence-electron chi connectivity index (χ3n) is 6.64. The predicted octanol–water partition coefficient (Wildman–Crippen LogP) is 3.05. The first-order valence-corrected chi connectivity index (χ1v) is 8.17. The van der Waals surface area contributed by atoms with Gasteiger partial charge in [-0.2, -0.15) is 0 Å². The van der Waals surface area contributed by atoms with Crippen molar-refractivity contribution in [1.29, 1.82) is 0 Å². The van der Waals surface area contributed by atoms with Crippen LogP contribution in [0.5, 0.6) is 0 Å². The lowest BCUT2D eigenvalue weighted by Crippen LogP contribution is -2.40. The molecule has 0 N–H and O–H groups in total. The van der Waals surface area contributed by atoms with Gasteiger partial charge in [0.1, 0.15) is 0 Å². The third kappa shape index (κ3) is 1.43. The average Bonchev–Trinajstić information content (AvgIpc) is 3.20. The Morgan fingerprint density at radius 3 is 2.05 bits per heavy atom. The predicted molar refractivity (Wildman–Crippen MR) is 77.1 cm³/mol. The van der Waals surface area contributed by atoms with Crippen molar-refractivity contribution in [3.05, 3.63) is 35.9 Å². The van der Waals surface area contributed by atoms with E-state index in [0.717, 1.165) is 54.2 Å². The molecule has 1 saturated heterocycles. The second kappa shape index (κ2) is 3.87. The van der Waals surface area contributed by atoms with Gasteiger partial charge in [-0.3, -0.25) is 4.79 Å². The zero-order valence-corrected chi connectivity index (χ0v) is 11.7. The molecular weight excluding hydrogens is 246 g/mol. The highest BCUT2D eigenvalue weighted by Crippen LogP contribution is 2.67. The first-order valence-electron chi connectivity index (χ1n) is 8.17. The van der Waals surface area contributed by atoms with Crippen LogP contribution in [0.15, 0.2) is 30.3 Å². The van der Waals surface area contributed by atoms with E-state index in [1.807, 2.05) is 30.3 Å². The number of hydrogen-bond acceptors (Lipinski definition) is 1. The van der Waals surface area contributed by atoms with Crippen LogP contribution in [-0.4, -0.2) is 23.9 Å². The summed E-state index contributed by atoms with van der Waals surface area (Å²) in [6.45, 7) is 2.06. The van der Waals surface area contributed by atoms with Crippen LogP contribution in [0.25, 0.3) is 0 Å². The second-order valence-electron chi connectivity index (χ2n) is 7.37. The Morgan fingerprint density at radius 2 is 1.45 bits per heavy atom. The summed E-state index contributed by atoms with van der Waals surface area (Å²) in [6.07, 6.45) is 4.40. The highest BCUT2D eigenvalue weighted by molar-refractivity contribution is 5.94. The highest BCUT2D eigenvalue weighted by Gasteiger charge is 2.63. The smallest absolute Gasteiger partial charge is 0.253 e. The van der Waals surface area contributed by atoms with Gasteiger partial charge in [0.05, 0.1) is 0 Å². The molecule has 1 amide bonds. The number of nitrogens with zero attached hydrogens (tertiary/aromatic N) is 1. The topological polar surface area (TPSA) is 20.3 Å². The van der Waals surface area contributed by atoms with Crippen LogP contribution >= 0.6 is 0 Å². The number of amides is 1. The summed E-state index contributed by atoms with van der Waals surface area (Å²) < 4.78 is 0. The van der Waals surface area contributed by atoms with Crippen LogP contribution in [0.4, 0.5) is 0 Å². The van der Waals surface area contributed by atoms with E-state index in [-0.39, 0.29) is 5.91 Å². The summed E-state index contributed by atoms with van der Waals surface area (Å²) >= 11 is 0. The van der Waals surface area contributed by atoms with Crippen LogP contribution < -0.4 is 0 Å². The average molecular weight is 267 g/mol. The molecule has 1 unspecified atom stereocenters. The van der Waals surface area contributed by atoms with Gasteiger partial charge in [0.15, 0.2) is 0 Å². The molecule has 0 aromatic heterocycles. The fourth-order valence-electron chi connectivity index (χ4n) is 5.79. The summed E-state index contributed by atoms with van der Waals surface area (Å²) in [5, 5.41) is 0. The Hall–Kier alpha value is -1.31. The van der Waals surface area contributed by atoms with Gasteiger partial charge in [0.2, 0.25) is 0 Å². The van der Waals surface area contributed by atoms with Crippen LogP contribution in [0, 0.1) is 35.5 Å². The maximum Gasteiger partial charge on any atom is 0.253 e. The lowest BCUT2D eigenvalue weighted by Gasteiger charge is -2.44. The van der Waals surface area contributed by atoms with E-state index in [2.05, 4.69) is 4.90 Å². The van der Waals surface area contributed by atoms with E-state index in [1.165, 1.54) is 19.3 Å². The molecule has 5 fully saturated rings. The largest absolute Gasteiger partial charge is 0.338 e. The molecule has 1 aromatic rings. The summed E-state index contributed by atoms with van der Waals surface area (Å²) in [5.74, 6) is 5.89. The van der Waals surface area contributed by atoms with Crippen molar-refractivity contribution in [3.63, 3.8) is 0 Å². The molecule has 20 heavy (non-hydrogen) atoms. The van der Waals surface area contributed by atoms with Crippen molar-refractivity contribution in [2.45, 2.75) is 19.3 Å². The number of likely N-dealkylation sites (tertiary alicyclic amines) is 1. The Labute approximate surface area is 120 Å². The zero-order valence-electron chi connectivity index (χ0n) is 11.7. The van der Waals surface area contributed by atoms with Gasteiger partial charge in [0.25, 0.3) is 5.91 Å². The van der Waals surface area contributed by atoms with Crippen LogP contribution in [-0.2, 0) is 0 Å². The molecule has 0 radical (unpaired) electrons. The number of benzene rings is 1. The minimum absolute atomic E-state index is 0.257. The molecule has 1 aromatic carbocycles. The molecule has 1 aliphatic heterocycles. The Bertz CT molecular complexity index is 530.